The van der Waals surface area contributed by atoms with Gasteiger partial charge in [0.2, 0.25) is 0 Å². The Kier molecular flexibility index (Phi) is 32.6. The summed E-state index contributed by atoms with van der Waals surface area (Å²) in [6.07, 6.45) is 38.3. The van der Waals surface area contributed by atoms with Crippen molar-refractivity contribution < 1.29 is 19.4 Å². The molecular formula is C37H72O4. The van der Waals surface area contributed by atoms with E-state index in [1.807, 2.05) is 0 Å². The predicted octanol–water partition coefficient (Wildman–Crippen LogP) is 12.5. The van der Waals surface area contributed by atoms with E-state index in [1.165, 1.54) is 154 Å². The van der Waals surface area contributed by atoms with Gasteiger partial charge < -0.3 is 9.84 Å². The third kappa shape index (κ3) is 33.3. The van der Waals surface area contributed by atoms with Gasteiger partial charge in [0.1, 0.15) is 6.10 Å². The maximum atomic E-state index is 12.5. The molecule has 0 spiro atoms. The Morgan fingerprint density at radius 2 is 0.756 bits per heavy atom. The molecule has 0 saturated carbocycles. The number of carbonyl (C=O) groups excluding carboxylic acids is 1. The molecule has 0 aromatic heterocycles. The van der Waals surface area contributed by atoms with E-state index in [4.69, 9.17) is 9.84 Å². The van der Waals surface area contributed by atoms with Crippen molar-refractivity contribution in [2.45, 2.75) is 225 Å². The molecule has 0 aromatic carbocycles. The normalized spacial score (nSPS) is 12.0. The summed E-state index contributed by atoms with van der Waals surface area (Å²) in [6.45, 7) is 4.54. The Bertz CT molecular complexity index is 547. The van der Waals surface area contributed by atoms with Crippen molar-refractivity contribution in [3.05, 3.63) is 0 Å². The van der Waals surface area contributed by atoms with Gasteiger partial charge in [-0.1, -0.05) is 174 Å². The second-order valence-electron chi connectivity index (χ2n) is 12.8. The van der Waals surface area contributed by atoms with E-state index in [0.29, 0.717) is 19.3 Å². The summed E-state index contributed by atoms with van der Waals surface area (Å²) in [5.74, 6) is -0.851. The molecule has 0 bridgehead atoms. The van der Waals surface area contributed by atoms with Gasteiger partial charge in [-0.15, -0.1) is 0 Å². The predicted molar refractivity (Wildman–Crippen MR) is 177 cm³/mol. The molecule has 0 heterocycles. The molecule has 0 aliphatic rings. The molecule has 0 amide bonds. The number of unbranched alkanes of at least 4 members (excludes halogenated alkanes) is 25. The molecule has 41 heavy (non-hydrogen) atoms. The summed E-state index contributed by atoms with van der Waals surface area (Å²) in [5.41, 5.74) is 0. The third-order valence-corrected chi connectivity index (χ3v) is 8.58. The van der Waals surface area contributed by atoms with Crippen molar-refractivity contribution >= 4 is 11.9 Å². The van der Waals surface area contributed by atoms with E-state index in [0.717, 1.165) is 25.7 Å². The number of rotatable bonds is 34. The molecule has 0 fully saturated rings. The first-order valence-corrected chi connectivity index (χ1v) is 18.5. The zero-order valence-electron chi connectivity index (χ0n) is 27.9. The fourth-order valence-electron chi connectivity index (χ4n) is 5.84. The summed E-state index contributed by atoms with van der Waals surface area (Å²) >= 11 is 0. The van der Waals surface area contributed by atoms with E-state index in [-0.39, 0.29) is 18.5 Å². The van der Waals surface area contributed by atoms with Crippen molar-refractivity contribution in [2.75, 3.05) is 0 Å². The van der Waals surface area contributed by atoms with Gasteiger partial charge in [0.15, 0.2) is 0 Å². The van der Waals surface area contributed by atoms with Gasteiger partial charge >= 0.3 is 11.9 Å². The Labute approximate surface area is 256 Å². The van der Waals surface area contributed by atoms with E-state index >= 15 is 0 Å². The lowest BCUT2D eigenvalue weighted by Gasteiger charge is -2.18. The Morgan fingerprint density at radius 1 is 0.439 bits per heavy atom. The van der Waals surface area contributed by atoms with Gasteiger partial charge in [-0.05, 0) is 32.1 Å². The van der Waals surface area contributed by atoms with Crippen LogP contribution in [0.25, 0.3) is 0 Å². The average Bonchev–Trinajstić information content (AvgIpc) is 2.95. The smallest absolute Gasteiger partial charge is 0.306 e. The van der Waals surface area contributed by atoms with Crippen LogP contribution >= 0.6 is 0 Å². The van der Waals surface area contributed by atoms with Gasteiger partial charge in [-0.2, -0.15) is 0 Å². The highest BCUT2D eigenvalue weighted by Gasteiger charge is 2.15. The van der Waals surface area contributed by atoms with Crippen LogP contribution in [0.1, 0.15) is 219 Å². The Balaban J connectivity index is 3.73. The lowest BCUT2D eigenvalue weighted by Crippen LogP contribution is -2.18. The Hall–Kier alpha value is -1.06. The molecule has 0 rings (SSSR count). The maximum absolute atomic E-state index is 12.5. The number of hydrogen-bond acceptors (Lipinski definition) is 3. The molecule has 0 aliphatic heterocycles. The fourth-order valence-corrected chi connectivity index (χ4v) is 5.84. The van der Waals surface area contributed by atoms with Crippen LogP contribution in [-0.4, -0.2) is 23.1 Å². The highest BCUT2D eigenvalue weighted by atomic mass is 16.5. The second kappa shape index (κ2) is 33.4. The van der Waals surface area contributed by atoms with Crippen LogP contribution in [0.2, 0.25) is 0 Å². The SMILES string of the molecule is CCCCCCCCCCCCCCCCCCCC(=O)OC(CCCCCCCCCCCC)CCCC(=O)O. The highest BCUT2D eigenvalue weighted by molar-refractivity contribution is 5.69. The van der Waals surface area contributed by atoms with Crippen molar-refractivity contribution in [1.82, 2.24) is 0 Å². The standard InChI is InChI=1S/C37H72O4/c1-3-5-7-9-11-13-15-16-17-18-19-20-21-23-25-27-29-34-37(40)41-35(32-30-33-36(38)39)31-28-26-24-22-14-12-10-8-6-4-2/h35H,3-34H2,1-2H3,(H,38,39). The van der Waals surface area contributed by atoms with Crippen molar-refractivity contribution in [3.63, 3.8) is 0 Å². The fraction of sp³-hybridized carbons (Fsp3) is 0.946. The van der Waals surface area contributed by atoms with Crippen LogP contribution < -0.4 is 0 Å². The first-order valence-electron chi connectivity index (χ1n) is 18.5. The molecule has 0 saturated heterocycles. The lowest BCUT2D eigenvalue weighted by molar-refractivity contribution is -0.150. The van der Waals surface area contributed by atoms with Gasteiger partial charge in [-0.3, -0.25) is 9.59 Å². The quantitative estimate of drug-likeness (QED) is 0.0607. The number of hydrogen-bond donors (Lipinski definition) is 1. The first kappa shape index (κ1) is 39.9. The highest BCUT2D eigenvalue weighted by Crippen LogP contribution is 2.18. The maximum Gasteiger partial charge on any atom is 0.306 e. The monoisotopic (exact) mass is 581 g/mol. The first-order chi connectivity index (χ1) is 20.1. The zero-order valence-corrected chi connectivity index (χ0v) is 27.9. The van der Waals surface area contributed by atoms with Gasteiger partial charge in [0.05, 0.1) is 0 Å². The van der Waals surface area contributed by atoms with Crippen LogP contribution in [0.4, 0.5) is 0 Å². The van der Waals surface area contributed by atoms with Crippen molar-refractivity contribution in [3.8, 4) is 0 Å². The summed E-state index contributed by atoms with van der Waals surface area (Å²) in [7, 11) is 0. The molecule has 0 radical (unpaired) electrons. The van der Waals surface area contributed by atoms with Crippen LogP contribution in [-0.2, 0) is 14.3 Å². The molecule has 4 nitrogen and oxygen atoms in total. The van der Waals surface area contributed by atoms with E-state index in [1.54, 1.807) is 0 Å². The molecule has 0 aromatic rings. The summed E-state index contributed by atoms with van der Waals surface area (Å²) in [4.78, 5) is 23.4. The molecule has 1 N–H and O–H groups in total. The van der Waals surface area contributed by atoms with Gasteiger partial charge in [0, 0.05) is 12.8 Å². The minimum absolute atomic E-state index is 0.0848. The largest absolute Gasteiger partial charge is 0.481 e. The molecular weight excluding hydrogens is 508 g/mol. The summed E-state index contributed by atoms with van der Waals surface area (Å²) in [5, 5.41) is 8.98. The lowest BCUT2D eigenvalue weighted by atomic mass is 10.0. The number of ether oxygens (including phenoxy) is 1. The third-order valence-electron chi connectivity index (χ3n) is 8.58. The Morgan fingerprint density at radius 3 is 1.12 bits per heavy atom. The second-order valence-corrected chi connectivity index (χ2v) is 12.8. The van der Waals surface area contributed by atoms with E-state index in [2.05, 4.69) is 13.8 Å². The van der Waals surface area contributed by atoms with Crippen LogP contribution in [0.5, 0.6) is 0 Å². The number of carboxylic acids is 1. The number of carboxylic acid groups (broad SMARTS) is 1. The number of aliphatic carboxylic acids is 1. The molecule has 0 aliphatic carbocycles. The summed E-state index contributed by atoms with van der Waals surface area (Å²) in [6, 6.07) is 0. The molecule has 4 heteroatoms. The number of esters is 1. The van der Waals surface area contributed by atoms with Crippen molar-refractivity contribution in [1.29, 1.82) is 0 Å². The zero-order chi connectivity index (χ0) is 30.1. The number of carbonyl (C=O) groups is 2. The van der Waals surface area contributed by atoms with Crippen molar-refractivity contribution in [2.24, 2.45) is 0 Å². The summed E-state index contributed by atoms with van der Waals surface area (Å²) < 4.78 is 5.81. The van der Waals surface area contributed by atoms with Gasteiger partial charge in [-0.25, -0.2) is 0 Å². The van der Waals surface area contributed by atoms with Crippen LogP contribution in [0.3, 0.4) is 0 Å². The average molecular weight is 581 g/mol. The van der Waals surface area contributed by atoms with Gasteiger partial charge in [0.25, 0.3) is 0 Å². The van der Waals surface area contributed by atoms with Crippen LogP contribution in [0.15, 0.2) is 0 Å². The molecule has 1 atom stereocenters. The van der Waals surface area contributed by atoms with E-state index < -0.39 is 5.97 Å². The topological polar surface area (TPSA) is 63.6 Å². The minimum Gasteiger partial charge on any atom is -0.481 e. The molecule has 1 unspecified atom stereocenters. The minimum atomic E-state index is -0.766. The van der Waals surface area contributed by atoms with Crippen LogP contribution in [0, 0.1) is 0 Å². The molecule has 244 valence electrons. The van der Waals surface area contributed by atoms with E-state index in [9.17, 15) is 9.59 Å².